The Kier molecular flexibility index (Phi) is 7.63. The molecule has 0 bridgehead atoms. The molecule has 0 radical (unpaired) electrons. The molecule has 0 saturated carbocycles. The van der Waals surface area contributed by atoms with Crippen molar-refractivity contribution in [2.75, 3.05) is 19.7 Å². The highest BCUT2D eigenvalue weighted by atomic mass is 16.5. The molecule has 3 heteroatoms. The molecule has 20 heavy (non-hydrogen) atoms. The van der Waals surface area contributed by atoms with Crippen LogP contribution in [0.15, 0.2) is 24.3 Å². The molecule has 1 rings (SSSR count). The number of likely N-dealkylation sites (N-methyl/N-ethyl adjacent to an activating group) is 1. The fourth-order valence-corrected chi connectivity index (χ4v) is 2.09. The van der Waals surface area contributed by atoms with Crippen molar-refractivity contribution in [2.24, 2.45) is 0 Å². The minimum absolute atomic E-state index is 0.516. The molecule has 0 aromatic heterocycles. The third-order valence-electron chi connectivity index (χ3n) is 3.42. The summed E-state index contributed by atoms with van der Waals surface area (Å²) >= 11 is 0. The van der Waals surface area contributed by atoms with E-state index < -0.39 is 0 Å². The lowest BCUT2D eigenvalue weighted by molar-refractivity contribution is 0.183. The van der Waals surface area contributed by atoms with Crippen LogP contribution < -0.4 is 10.1 Å². The maximum atomic E-state index is 5.81. The average Bonchev–Trinajstić information content (AvgIpc) is 2.42. The molecule has 0 spiro atoms. The SMILES string of the molecule is CCN(CCOc1ccc(CNC(C)C)cc1)C(C)C. The van der Waals surface area contributed by atoms with E-state index in [4.69, 9.17) is 4.74 Å². The van der Waals surface area contributed by atoms with Gasteiger partial charge < -0.3 is 10.1 Å². The Morgan fingerprint density at radius 1 is 1.10 bits per heavy atom. The van der Waals surface area contributed by atoms with Gasteiger partial charge in [-0.25, -0.2) is 0 Å². The van der Waals surface area contributed by atoms with Gasteiger partial charge in [0.05, 0.1) is 0 Å². The van der Waals surface area contributed by atoms with Gasteiger partial charge in [-0.3, -0.25) is 4.90 Å². The Morgan fingerprint density at radius 3 is 2.25 bits per heavy atom. The smallest absolute Gasteiger partial charge is 0.119 e. The average molecular weight is 278 g/mol. The van der Waals surface area contributed by atoms with Crippen LogP contribution in [0.2, 0.25) is 0 Å². The minimum Gasteiger partial charge on any atom is -0.492 e. The van der Waals surface area contributed by atoms with Crippen molar-refractivity contribution in [3.8, 4) is 5.75 Å². The minimum atomic E-state index is 0.516. The van der Waals surface area contributed by atoms with E-state index >= 15 is 0 Å². The Morgan fingerprint density at radius 2 is 1.75 bits per heavy atom. The van der Waals surface area contributed by atoms with Gasteiger partial charge in [-0.2, -0.15) is 0 Å². The lowest BCUT2D eigenvalue weighted by Gasteiger charge is -2.24. The van der Waals surface area contributed by atoms with E-state index in [9.17, 15) is 0 Å². The molecule has 0 fully saturated rings. The monoisotopic (exact) mass is 278 g/mol. The lowest BCUT2D eigenvalue weighted by Crippen LogP contribution is -2.34. The van der Waals surface area contributed by atoms with E-state index in [1.807, 2.05) is 0 Å². The van der Waals surface area contributed by atoms with Crippen LogP contribution >= 0.6 is 0 Å². The van der Waals surface area contributed by atoms with Crippen molar-refractivity contribution in [3.05, 3.63) is 29.8 Å². The van der Waals surface area contributed by atoms with Gasteiger partial charge in [0.2, 0.25) is 0 Å². The van der Waals surface area contributed by atoms with Gasteiger partial charge in [0, 0.05) is 25.2 Å². The molecule has 1 aromatic carbocycles. The summed E-state index contributed by atoms with van der Waals surface area (Å²) in [7, 11) is 0. The van der Waals surface area contributed by atoms with Crippen LogP contribution in [-0.2, 0) is 6.54 Å². The van der Waals surface area contributed by atoms with Crippen LogP contribution in [0.25, 0.3) is 0 Å². The van der Waals surface area contributed by atoms with Gasteiger partial charge >= 0.3 is 0 Å². The fourth-order valence-electron chi connectivity index (χ4n) is 2.09. The maximum Gasteiger partial charge on any atom is 0.119 e. The summed E-state index contributed by atoms with van der Waals surface area (Å²) in [4.78, 5) is 2.40. The van der Waals surface area contributed by atoms with Gasteiger partial charge in [-0.1, -0.05) is 32.9 Å². The summed E-state index contributed by atoms with van der Waals surface area (Å²) in [5, 5.41) is 3.41. The molecule has 0 saturated heterocycles. The number of ether oxygens (including phenoxy) is 1. The highest BCUT2D eigenvalue weighted by Gasteiger charge is 2.06. The molecule has 0 atom stereocenters. The molecule has 0 aliphatic rings. The van der Waals surface area contributed by atoms with Gasteiger partial charge in [0.25, 0.3) is 0 Å². The van der Waals surface area contributed by atoms with Crippen LogP contribution in [0.5, 0.6) is 5.75 Å². The quantitative estimate of drug-likeness (QED) is 0.750. The molecular weight excluding hydrogens is 248 g/mol. The summed E-state index contributed by atoms with van der Waals surface area (Å²) in [5.74, 6) is 0.957. The number of benzene rings is 1. The van der Waals surface area contributed by atoms with Crippen molar-refractivity contribution in [1.29, 1.82) is 0 Å². The van der Waals surface area contributed by atoms with Crippen molar-refractivity contribution < 1.29 is 4.74 Å². The second-order valence-electron chi connectivity index (χ2n) is 5.75. The van der Waals surface area contributed by atoms with E-state index in [0.29, 0.717) is 12.1 Å². The van der Waals surface area contributed by atoms with E-state index in [-0.39, 0.29) is 0 Å². The molecule has 1 N–H and O–H groups in total. The number of rotatable bonds is 9. The first-order chi connectivity index (χ1) is 9.52. The van der Waals surface area contributed by atoms with Crippen LogP contribution in [0.4, 0.5) is 0 Å². The standard InChI is InChI=1S/C17H30N2O/c1-6-19(15(4)5)11-12-20-17-9-7-16(8-10-17)13-18-14(2)3/h7-10,14-15,18H,6,11-13H2,1-5H3. The van der Waals surface area contributed by atoms with E-state index in [2.05, 4.69) is 69.1 Å². The summed E-state index contributed by atoms with van der Waals surface area (Å²) in [5.41, 5.74) is 1.29. The van der Waals surface area contributed by atoms with Crippen LogP contribution in [0, 0.1) is 0 Å². The molecule has 0 aliphatic heterocycles. The third-order valence-corrected chi connectivity index (χ3v) is 3.42. The fraction of sp³-hybridized carbons (Fsp3) is 0.647. The predicted octanol–water partition coefficient (Wildman–Crippen LogP) is 3.29. The molecule has 3 nitrogen and oxygen atoms in total. The molecule has 114 valence electrons. The highest BCUT2D eigenvalue weighted by molar-refractivity contribution is 5.27. The molecule has 0 heterocycles. The Hall–Kier alpha value is -1.06. The van der Waals surface area contributed by atoms with Gasteiger partial charge in [0.1, 0.15) is 12.4 Å². The maximum absolute atomic E-state index is 5.81. The van der Waals surface area contributed by atoms with E-state index in [1.165, 1.54) is 5.56 Å². The zero-order chi connectivity index (χ0) is 15.0. The van der Waals surface area contributed by atoms with Gasteiger partial charge in [-0.15, -0.1) is 0 Å². The summed E-state index contributed by atoms with van der Waals surface area (Å²) in [6.07, 6.45) is 0. The largest absolute Gasteiger partial charge is 0.492 e. The second-order valence-corrected chi connectivity index (χ2v) is 5.75. The predicted molar refractivity (Wildman–Crippen MR) is 86.3 cm³/mol. The number of nitrogens with one attached hydrogen (secondary N) is 1. The summed E-state index contributed by atoms with van der Waals surface area (Å²) in [6.45, 7) is 14.7. The van der Waals surface area contributed by atoms with Crippen LogP contribution in [0.1, 0.15) is 40.2 Å². The van der Waals surface area contributed by atoms with Crippen molar-refractivity contribution in [3.63, 3.8) is 0 Å². The van der Waals surface area contributed by atoms with Gasteiger partial charge in [0.15, 0.2) is 0 Å². The zero-order valence-electron chi connectivity index (χ0n) is 13.6. The Bertz CT molecular complexity index is 360. The number of hydrogen-bond acceptors (Lipinski definition) is 3. The first-order valence-electron chi connectivity index (χ1n) is 7.72. The number of nitrogens with zero attached hydrogens (tertiary/aromatic N) is 1. The Labute approximate surface area is 124 Å². The van der Waals surface area contributed by atoms with E-state index in [1.54, 1.807) is 0 Å². The first kappa shape index (κ1) is 17.0. The second kappa shape index (κ2) is 8.98. The number of hydrogen-bond donors (Lipinski definition) is 1. The molecule has 0 amide bonds. The van der Waals surface area contributed by atoms with Crippen molar-refractivity contribution in [2.45, 2.75) is 53.2 Å². The lowest BCUT2D eigenvalue weighted by atomic mass is 10.2. The third kappa shape index (κ3) is 6.40. The van der Waals surface area contributed by atoms with Crippen molar-refractivity contribution in [1.82, 2.24) is 10.2 Å². The molecule has 0 unspecified atom stereocenters. The highest BCUT2D eigenvalue weighted by Crippen LogP contribution is 2.12. The van der Waals surface area contributed by atoms with E-state index in [0.717, 1.165) is 32.0 Å². The Balaban J connectivity index is 2.34. The molecular formula is C17H30N2O. The van der Waals surface area contributed by atoms with Crippen LogP contribution in [-0.4, -0.2) is 36.7 Å². The summed E-state index contributed by atoms with van der Waals surface area (Å²) < 4.78 is 5.81. The van der Waals surface area contributed by atoms with Crippen molar-refractivity contribution >= 4 is 0 Å². The van der Waals surface area contributed by atoms with Crippen LogP contribution in [0.3, 0.4) is 0 Å². The first-order valence-corrected chi connectivity index (χ1v) is 7.72. The normalized spacial score (nSPS) is 11.6. The van der Waals surface area contributed by atoms with Gasteiger partial charge in [-0.05, 0) is 38.1 Å². The molecule has 0 aliphatic carbocycles. The zero-order valence-corrected chi connectivity index (χ0v) is 13.6. The topological polar surface area (TPSA) is 24.5 Å². The summed E-state index contributed by atoms with van der Waals surface area (Å²) in [6, 6.07) is 9.47. The molecule has 1 aromatic rings.